The highest BCUT2D eigenvalue weighted by molar-refractivity contribution is 7.09. The molecule has 7 atom stereocenters. The van der Waals surface area contributed by atoms with Crippen LogP contribution in [0, 0.1) is 17.8 Å². The van der Waals surface area contributed by atoms with Gasteiger partial charge in [0.2, 0.25) is 11.8 Å². The van der Waals surface area contributed by atoms with Crippen LogP contribution in [0.1, 0.15) is 108 Å². The quantitative estimate of drug-likeness (QED) is 0.198. The minimum absolute atomic E-state index is 0.0444. The molecular weight excluding hydrogens is 683 g/mol. The van der Waals surface area contributed by atoms with Crippen LogP contribution in [0.2, 0.25) is 0 Å². The van der Waals surface area contributed by atoms with E-state index in [-0.39, 0.29) is 53.8 Å². The fourth-order valence-electron chi connectivity index (χ4n) is 6.86. The summed E-state index contributed by atoms with van der Waals surface area (Å²) < 4.78 is 10.7. The first-order valence-electron chi connectivity index (χ1n) is 18.4. The van der Waals surface area contributed by atoms with E-state index in [9.17, 15) is 24.0 Å². The van der Waals surface area contributed by atoms with Gasteiger partial charge in [0, 0.05) is 37.9 Å². The summed E-state index contributed by atoms with van der Waals surface area (Å²) in [7, 11) is 5.01. The lowest BCUT2D eigenvalue weighted by Crippen LogP contribution is -2.60. The summed E-state index contributed by atoms with van der Waals surface area (Å²) in [5.41, 5.74) is 0.488. The molecule has 0 spiro atoms. The van der Waals surface area contributed by atoms with Gasteiger partial charge in [0.1, 0.15) is 16.7 Å². The van der Waals surface area contributed by atoms with E-state index in [0.717, 1.165) is 24.9 Å². The molecule has 3 amide bonds. The lowest BCUT2D eigenvalue weighted by Gasteiger charge is -2.38. The molecule has 52 heavy (non-hydrogen) atoms. The molecule has 288 valence electrons. The van der Waals surface area contributed by atoms with Crippen LogP contribution < -0.4 is 10.6 Å². The number of carbonyl (C=O) groups is 5. The maximum absolute atomic E-state index is 14.2. The number of methoxy groups -OCH3 is 1. The number of esters is 2. The Morgan fingerprint density at radius 3 is 2.29 bits per heavy atom. The van der Waals surface area contributed by atoms with Crippen molar-refractivity contribution in [3.05, 3.63) is 52.0 Å². The minimum Gasteiger partial charge on any atom is -0.469 e. The van der Waals surface area contributed by atoms with E-state index in [1.807, 2.05) is 76.9 Å². The van der Waals surface area contributed by atoms with Gasteiger partial charge in [-0.15, -0.1) is 11.3 Å². The Bertz CT molecular complexity index is 1520. The normalized spacial score (nSPS) is 19.5. The molecule has 1 aromatic heterocycles. The van der Waals surface area contributed by atoms with E-state index in [2.05, 4.69) is 15.6 Å². The van der Waals surface area contributed by atoms with Crippen LogP contribution >= 0.6 is 11.3 Å². The highest BCUT2D eigenvalue weighted by Crippen LogP contribution is 2.32. The summed E-state index contributed by atoms with van der Waals surface area (Å²) in [6.45, 7) is 13.8. The SMILES string of the molecule is CCC(C)[C@H](NC(=O)[C@]1(C)CCCN1C)C(=O)N(C)[C@H](C[C@@H](OC(C)=O)c1nc(C(=O)N[C@@H](Cc2ccccc2)C[C@H](C)C(=O)OC)cs1)C(C)C. The molecular formula is C39H59N5O7S. The number of amides is 3. The second-order valence-corrected chi connectivity index (χ2v) is 15.7. The zero-order chi connectivity index (χ0) is 38.7. The van der Waals surface area contributed by atoms with Crippen LogP contribution in [0.25, 0.3) is 0 Å². The zero-order valence-electron chi connectivity index (χ0n) is 32.6. The second kappa shape index (κ2) is 19.3. The van der Waals surface area contributed by atoms with Crippen molar-refractivity contribution in [2.45, 2.75) is 117 Å². The molecule has 0 saturated carbocycles. The van der Waals surface area contributed by atoms with Crippen molar-refractivity contribution >= 4 is 41.0 Å². The number of nitrogens with zero attached hydrogens (tertiary/aromatic N) is 3. The van der Waals surface area contributed by atoms with Gasteiger partial charge in [0.15, 0.2) is 6.10 Å². The van der Waals surface area contributed by atoms with Crippen LogP contribution in [0.4, 0.5) is 0 Å². The third kappa shape index (κ3) is 11.1. The van der Waals surface area contributed by atoms with Gasteiger partial charge in [-0.3, -0.25) is 28.9 Å². The summed E-state index contributed by atoms with van der Waals surface area (Å²) in [4.78, 5) is 74.3. The summed E-state index contributed by atoms with van der Waals surface area (Å²) in [6.07, 6.45) is 2.61. The molecule has 1 unspecified atom stereocenters. The van der Waals surface area contributed by atoms with Crippen molar-refractivity contribution in [3.63, 3.8) is 0 Å². The highest BCUT2D eigenvalue weighted by Gasteiger charge is 2.44. The van der Waals surface area contributed by atoms with Crippen LogP contribution in [0.5, 0.6) is 0 Å². The van der Waals surface area contributed by atoms with Crippen molar-refractivity contribution in [1.29, 1.82) is 0 Å². The van der Waals surface area contributed by atoms with E-state index in [0.29, 0.717) is 24.3 Å². The van der Waals surface area contributed by atoms with Gasteiger partial charge in [-0.25, -0.2) is 4.98 Å². The molecule has 3 rings (SSSR count). The number of likely N-dealkylation sites (tertiary alicyclic amines) is 1. The molecule has 13 heteroatoms. The van der Waals surface area contributed by atoms with E-state index in [1.165, 1.54) is 25.4 Å². The lowest BCUT2D eigenvalue weighted by atomic mass is 9.91. The van der Waals surface area contributed by atoms with Crippen molar-refractivity contribution in [1.82, 2.24) is 25.4 Å². The maximum Gasteiger partial charge on any atom is 0.308 e. The van der Waals surface area contributed by atoms with Crippen molar-refractivity contribution < 1.29 is 33.4 Å². The van der Waals surface area contributed by atoms with Gasteiger partial charge in [-0.1, -0.05) is 71.4 Å². The number of hydrogen-bond acceptors (Lipinski definition) is 10. The minimum atomic E-state index is -0.825. The Morgan fingerprint density at radius 1 is 1.06 bits per heavy atom. The largest absolute Gasteiger partial charge is 0.469 e. The number of rotatable bonds is 18. The Morgan fingerprint density at radius 2 is 1.73 bits per heavy atom. The number of ether oxygens (including phenoxy) is 2. The molecule has 1 aliphatic rings. The Balaban J connectivity index is 1.83. The molecule has 2 heterocycles. The van der Waals surface area contributed by atoms with E-state index < -0.39 is 35.5 Å². The van der Waals surface area contributed by atoms with Gasteiger partial charge in [0.25, 0.3) is 5.91 Å². The van der Waals surface area contributed by atoms with Crippen LogP contribution in [0.3, 0.4) is 0 Å². The molecule has 0 radical (unpaired) electrons. The molecule has 1 aliphatic heterocycles. The first kappa shape index (κ1) is 42.6. The molecule has 0 aliphatic carbocycles. The molecule has 1 aromatic carbocycles. The molecule has 12 nitrogen and oxygen atoms in total. The van der Waals surface area contributed by atoms with E-state index in [1.54, 1.807) is 24.3 Å². The second-order valence-electron chi connectivity index (χ2n) is 14.8. The average molecular weight is 742 g/mol. The van der Waals surface area contributed by atoms with Crippen LogP contribution in [-0.2, 0) is 35.1 Å². The standard InChI is InChI=1S/C39H59N5O7S/c1-11-25(4)33(42-38(49)39(7)18-15-19-43(39)8)36(47)44(9)31(24(2)3)22-32(51-27(6)45)35-41-30(23-52-35)34(46)40-29(20-26(5)37(48)50-10)21-28-16-13-12-14-17-28/h12-14,16-17,23-26,29,31-33H,11,15,18-22H2,1-10H3,(H,40,46)(H,42,49)/t25?,26-,29+,31+,32+,33-,39-/m0/s1. The Labute approximate surface area is 313 Å². The topological polar surface area (TPSA) is 147 Å². The van der Waals surface area contributed by atoms with Crippen LogP contribution in [-0.4, -0.2) is 95.9 Å². The number of likely N-dealkylation sites (N-methyl/N-ethyl adjacent to an activating group) is 2. The van der Waals surface area contributed by atoms with Gasteiger partial charge in [-0.05, 0) is 63.6 Å². The maximum atomic E-state index is 14.2. The Hall–Kier alpha value is -3.84. The third-order valence-corrected chi connectivity index (χ3v) is 11.5. The number of thiazole rings is 1. The average Bonchev–Trinajstić information content (AvgIpc) is 3.74. The zero-order valence-corrected chi connectivity index (χ0v) is 33.4. The molecule has 0 bridgehead atoms. The van der Waals surface area contributed by atoms with Gasteiger partial charge in [0.05, 0.1) is 18.6 Å². The van der Waals surface area contributed by atoms with E-state index >= 15 is 0 Å². The van der Waals surface area contributed by atoms with E-state index in [4.69, 9.17) is 9.47 Å². The van der Waals surface area contributed by atoms with Gasteiger partial charge < -0.3 is 25.0 Å². The fraction of sp³-hybridized carbons (Fsp3) is 0.641. The first-order valence-corrected chi connectivity index (χ1v) is 19.2. The summed E-state index contributed by atoms with van der Waals surface area (Å²) in [5, 5.41) is 8.20. The van der Waals surface area contributed by atoms with Crippen molar-refractivity contribution in [3.8, 4) is 0 Å². The summed E-state index contributed by atoms with van der Waals surface area (Å²) >= 11 is 1.20. The smallest absolute Gasteiger partial charge is 0.308 e. The van der Waals surface area contributed by atoms with Gasteiger partial charge >= 0.3 is 11.9 Å². The number of aromatic nitrogens is 1. The number of hydrogen-bond donors (Lipinski definition) is 2. The molecule has 1 saturated heterocycles. The number of benzene rings is 1. The number of nitrogens with one attached hydrogen (secondary N) is 2. The fourth-order valence-corrected chi connectivity index (χ4v) is 7.70. The van der Waals surface area contributed by atoms with Gasteiger partial charge in [-0.2, -0.15) is 0 Å². The summed E-state index contributed by atoms with van der Waals surface area (Å²) in [5.74, 6) is -2.25. The predicted octanol–water partition coefficient (Wildman–Crippen LogP) is 5.18. The molecule has 2 aromatic rings. The first-order chi connectivity index (χ1) is 24.5. The lowest BCUT2D eigenvalue weighted by molar-refractivity contribution is -0.149. The Kier molecular flexibility index (Phi) is 15.8. The van der Waals surface area contributed by atoms with Crippen molar-refractivity contribution in [2.75, 3.05) is 27.7 Å². The van der Waals surface area contributed by atoms with Crippen LogP contribution in [0.15, 0.2) is 35.7 Å². The molecule has 2 N–H and O–H groups in total. The number of carbonyl (C=O) groups excluding carboxylic acids is 5. The predicted molar refractivity (Wildman–Crippen MR) is 201 cm³/mol. The summed E-state index contributed by atoms with van der Waals surface area (Å²) in [6, 6.07) is 8.19. The van der Waals surface area contributed by atoms with Crippen molar-refractivity contribution in [2.24, 2.45) is 17.8 Å². The molecule has 1 fully saturated rings. The monoisotopic (exact) mass is 741 g/mol. The highest BCUT2D eigenvalue weighted by atomic mass is 32.1. The third-order valence-electron chi connectivity index (χ3n) is 10.6.